The van der Waals surface area contributed by atoms with E-state index < -0.39 is 0 Å². The third kappa shape index (κ3) is 1.72. The second-order valence-corrected chi connectivity index (χ2v) is 2.94. The highest BCUT2D eigenvalue weighted by Crippen LogP contribution is 2.29. The van der Waals surface area contributed by atoms with E-state index in [0.29, 0.717) is 6.47 Å². The van der Waals surface area contributed by atoms with Crippen molar-refractivity contribution in [3.05, 3.63) is 0 Å². The largest absolute Gasteiger partial charge is 0.465 e. The zero-order chi connectivity index (χ0) is 7.40. The molecule has 0 heterocycles. The van der Waals surface area contributed by atoms with Crippen molar-refractivity contribution in [2.45, 2.75) is 38.7 Å². The molecule has 58 valence electrons. The van der Waals surface area contributed by atoms with Gasteiger partial charge in [0.15, 0.2) is 0 Å². The molecule has 2 unspecified atom stereocenters. The van der Waals surface area contributed by atoms with Gasteiger partial charge in [0.1, 0.15) is 6.10 Å². The van der Waals surface area contributed by atoms with Crippen molar-refractivity contribution >= 4 is 6.47 Å². The van der Waals surface area contributed by atoms with Gasteiger partial charge < -0.3 is 4.74 Å². The first-order chi connectivity index (χ1) is 4.86. The number of hydrogen-bond acceptors (Lipinski definition) is 2. The molecule has 0 spiro atoms. The van der Waals surface area contributed by atoms with Crippen LogP contribution in [-0.2, 0) is 9.53 Å². The average molecular weight is 142 g/mol. The van der Waals surface area contributed by atoms with Crippen LogP contribution in [0.15, 0.2) is 0 Å². The van der Waals surface area contributed by atoms with Gasteiger partial charge in [-0.1, -0.05) is 13.3 Å². The maximum Gasteiger partial charge on any atom is 0.293 e. The molecule has 0 N–H and O–H groups in total. The smallest absolute Gasteiger partial charge is 0.293 e. The lowest BCUT2D eigenvalue weighted by Gasteiger charge is -2.06. The summed E-state index contributed by atoms with van der Waals surface area (Å²) in [5, 5.41) is 0. The summed E-state index contributed by atoms with van der Waals surface area (Å²) in [5.41, 5.74) is 0. The topological polar surface area (TPSA) is 26.3 Å². The molecule has 1 saturated carbocycles. The van der Waals surface area contributed by atoms with E-state index in [2.05, 4.69) is 6.92 Å². The summed E-state index contributed by atoms with van der Waals surface area (Å²) in [6.07, 6.45) is 4.82. The minimum absolute atomic E-state index is 0.224. The van der Waals surface area contributed by atoms with Gasteiger partial charge in [0.25, 0.3) is 6.47 Å². The number of ether oxygens (including phenoxy) is 1. The van der Waals surface area contributed by atoms with E-state index in [-0.39, 0.29) is 6.10 Å². The lowest BCUT2D eigenvalue weighted by Crippen LogP contribution is -2.06. The lowest BCUT2D eigenvalue weighted by molar-refractivity contribution is -0.133. The third-order valence-electron chi connectivity index (χ3n) is 2.32. The first-order valence-corrected chi connectivity index (χ1v) is 3.96. The quantitative estimate of drug-likeness (QED) is 0.561. The fourth-order valence-electron chi connectivity index (χ4n) is 1.60. The van der Waals surface area contributed by atoms with Gasteiger partial charge in [0.2, 0.25) is 0 Å². The van der Waals surface area contributed by atoms with Crippen LogP contribution in [0.1, 0.15) is 32.6 Å². The summed E-state index contributed by atoms with van der Waals surface area (Å²) in [7, 11) is 0. The van der Waals surface area contributed by atoms with Gasteiger partial charge in [-0.2, -0.15) is 0 Å². The predicted molar refractivity (Wildman–Crippen MR) is 38.6 cm³/mol. The van der Waals surface area contributed by atoms with Crippen molar-refractivity contribution in [1.82, 2.24) is 0 Å². The van der Waals surface area contributed by atoms with Crippen molar-refractivity contribution in [3.8, 4) is 0 Å². The van der Waals surface area contributed by atoms with Crippen LogP contribution in [0, 0.1) is 5.92 Å². The van der Waals surface area contributed by atoms with E-state index in [9.17, 15) is 4.79 Å². The molecule has 0 aromatic rings. The van der Waals surface area contributed by atoms with Gasteiger partial charge in [-0.05, 0) is 25.2 Å². The van der Waals surface area contributed by atoms with Gasteiger partial charge in [-0.15, -0.1) is 0 Å². The van der Waals surface area contributed by atoms with Crippen molar-refractivity contribution in [2.24, 2.45) is 5.92 Å². The molecule has 0 aromatic carbocycles. The molecule has 1 aliphatic rings. The molecule has 0 aliphatic heterocycles. The molecule has 10 heavy (non-hydrogen) atoms. The molecular weight excluding hydrogens is 128 g/mol. The summed E-state index contributed by atoms with van der Waals surface area (Å²) in [5.74, 6) is 0.796. The Morgan fingerprint density at radius 3 is 2.90 bits per heavy atom. The number of hydrogen-bond donors (Lipinski definition) is 0. The molecule has 1 fully saturated rings. The summed E-state index contributed by atoms with van der Waals surface area (Å²) in [6.45, 7) is 2.76. The molecule has 2 heteroatoms. The predicted octanol–water partition coefficient (Wildman–Crippen LogP) is 1.74. The van der Waals surface area contributed by atoms with Crippen LogP contribution in [0.25, 0.3) is 0 Å². The highest BCUT2D eigenvalue weighted by atomic mass is 16.5. The third-order valence-corrected chi connectivity index (χ3v) is 2.32. The summed E-state index contributed by atoms with van der Waals surface area (Å²) >= 11 is 0. The second-order valence-electron chi connectivity index (χ2n) is 2.94. The van der Waals surface area contributed by atoms with E-state index in [0.717, 1.165) is 18.8 Å². The number of carbonyl (C=O) groups excluding carboxylic acids is 1. The van der Waals surface area contributed by atoms with Crippen molar-refractivity contribution in [1.29, 1.82) is 0 Å². The monoisotopic (exact) mass is 142 g/mol. The van der Waals surface area contributed by atoms with Crippen LogP contribution >= 0.6 is 0 Å². The molecule has 1 aliphatic carbocycles. The molecule has 0 aromatic heterocycles. The first kappa shape index (κ1) is 7.58. The van der Waals surface area contributed by atoms with Crippen LogP contribution in [0.2, 0.25) is 0 Å². The molecule has 2 nitrogen and oxygen atoms in total. The van der Waals surface area contributed by atoms with Crippen molar-refractivity contribution < 1.29 is 9.53 Å². The minimum atomic E-state index is 0.224. The SMILES string of the molecule is CCC1CCC(OC=O)C1. The number of rotatable bonds is 3. The molecule has 2 atom stereocenters. The Morgan fingerprint density at radius 2 is 2.40 bits per heavy atom. The second kappa shape index (κ2) is 3.59. The summed E-state index contributed by atoms with van der Waals surface area (Å²) in [6, 6.07) is 0. The highest BCUT2D eigenvalue weighted by Gasteiger charge is 2.23. The average Bonchev–Trinajstić information content (AvgIpc) is 2.37. The number of carbonyl (C=O) groups is 1. The van der Waals surface area contributed by atoms with E-state index in [1.807, 2.05) is 0 Å². The van der Waals surface area contributed by atoms with Crippen LogP contribution in [0.3, 0.4) is 0 Å². The van der Waals surface area contributed by atoms with Crippen molar-refractivity contribution in [2.75, 3.05) is 0 Å². The summed E-state index contributed by atoms with van der Waals surface area (Å²) in [4.78, 5) is 9.93. The zero-order valence-corrected chi connectivity index (χ0v) is 6.38. The van der Waals surface area contributed by atoms with Crippen LogP contribution in [-0.4, -0.2) is 12.6 Å². The normalized spacial score (nSPS) is 32.1. The van der Waals surface area contributed by atoms with Gasteiger partial charge in [-0.25, -0.2) is 0 Å². The fraction of sp³-hybridized carbons (Fsp3) is 0.875. The Balaban J connectivity index is 2.21. The maximum atomic E-state index is 9.93. The molecule has 1 rings (SSSR count). The van der Waals surface area contributed by atoms with Crippen LogP contribution in [0.4, 0.5) is 0 Å². The Kier molecular flexibility index (Phi) is 2.72. The van der Waals surface area contributed by atoms with E-state index in [1.165, 1.54) is 12.8 Å². The van der Waals surface area contributed by atoms with Crippen LogP contribution in [0.5, 0.6) is 0 Å². The molecule has 0 bridgehead atoms. The van der Waals surface area contributed by atoms with Gasteiger partial charge >= 0.3 is 0 Å². The Bertz CT molecular complexity index is 112. The zero-order valence-electron chi connectivity index (χ0n) is 6.38. The van der Waals surface area contributed by atoms with E-state index in [4.69, 9.17) is 4.74 Å². The Morgan fingerprint density at radius 1 is 1.60 bits per heavy atom. The van der Waals surface area contributed by atoms with Gasteiger partial charge in [-0.3, -0.25) is 4.79 Å². The van der Waals surface area contributed by atoms with Gasteiger partial charge in [0.05, 0.1) is 0 Å². The fourth-order valence-corrected chi connectivity index (χ4v) is 1.60. The molecule has 0 saturated heterocycles. The first-order valence-electron chi connectivity index (χ1n) is 3.96. The Hall–Kier alpha value is -0.530. The molecule has 0 radical (unpaired) electrons. The van der Waals surface area contributed by atoms with Gasteiger partial charge in [0, 0.05) is 0 Å². The molecule has 0 amide bonds. The van der Waals surface area contributed by atoms with Crippen LogP contribution < -0.4 is 0 Å². The Labute approximate surface area is 61.6 Å². The molecular formula is C8H14O2. The standard InChI is InChI=1S/C8H14O2/c1-2-7-3-4-8(5-7)10-6-9/h6-8H,2-5H2,1H3. The maximum absolute atomic E-state index is 9.93. The lowest BCUT2D eigenvalue weighted by atomic mass is 10.1. The van der Waals surface area contributed by atoms with E-state index >= 15 is 0 Å². The summed E-state index contributed by atoms with van der Waals surface area (Å²) < 4.78 is 4.85. The van der Waals surface area contributed by atoms with Crippen molar-refractivity contribution in [3.63, 3.8) is 0 Å². The minimum Gasteiger partial charge on any atom is -0.465 e. The highest BCUT2D eigenvalue weighted by molar-refractivity contribution is 5.37. The van der Waals surface area contributed by atoms with E-state index in [1.54, 1.807) is 0 Å².